The topological polar surface area (TPSA) is 32.3 Å². The lowest BCUT2D eigenvalue weighted by Crippen LogP contribution is -2.17. The van der Waals surface area contributed by atoms with Gasteiger partial charge in [-0.15, -0.1) is 0 Å². The predicted molar refractivity (Wildman–Crippen MR) is 71.3 cm³/mol. The third-order valence-electron chi connectivity index (χ3n) is 2.67. The van der Waals surface area contributed by atoms with E-state index in [0.29, 0.717) is 11.8 Å². The summed E-state index contributed by atoms with van der Waals surface area (Å²) in [5.41, 5.74) is 2.36. The van der Waals surface area contributed by atoms with Crippen LogP contribution in [-0.2, 0) is 6.42 Å². The first-order valence-electron chi connectivity index (χ1n) is 5.83. The van der Waals surface area contributed by atoms with Crippen molar-refractivity contribution in [1.82, 2.24) is 0 Å². The number of nitrogens with one attached hydrogen (secondary N) is 1. The van der Waals surface area contributed by atoms with Crippen molar-refractivity contribution in [2.45, 2.75) is 19.4 Å². The summed E-state index contributed by atoms with van der Waals surface area (Å²) in [5.74, 6) is 0.317. The SMILES string of the molecule is CC(Cc1ccc(O)cc1)Nc1ccccc1. The van der Waals surface area contributed by atoms with E-state index in [1.807, 2.05) is 30.3 Å². The number of aromatic hydroxyl groups is 1. The molecule has 2 aromatic rings. The van der Waals surface area contributed by atoms with Crippen LogP contribution in [0.1, 0.15) is 12.5 Å². The van der Waals surface area contributed by atoms with E-state index in [1.165, 1.54) is 5.56 Å². The minimum absolute atomic E-state index is 0.317. The standard InChI is InChI=1S/C15H17NO/c1-12(16-14-5-3-2-4-6-14)11-13-7-9-15(17)10-8-13/h2-10,12,16-17H,11H2,1H3. The molecule has 88 valence electrons. The smallest absolute Gasteiger partial charge is 0.115 e. The molecule has 0 bridgehead atoms. The van der Waals surface area contributed by atoms with Crippen LogP contribution < -0.4 is 5.32 Å². The van der Waals surface area contributed by atoms with Gasteiger partial charge >= 0.3 is 0 Å². The highest BCUT2D eigenvalue weighted by Crippen LogP contribution is 2.13. The average molecular weight is 227 g/mol. The van der Waals surface area contributed by atoms with E-state index >= 15 is 0 Å². The summed E-state index contributed by atoms with van der Waals surface area (Å²) in [7, 11) is 0. The largest absolute Gasteiger partial charge is 0.508 e. The Labute approximate surface area is 102 Å². The molecule has 2 aromatic carbocycles. The van der Waals surface area contributed by atoms with Gasteiger partial charge in [0, 0.05) is 11.7 Å². The Morgan fingerprint density at radius 2 is 1.65 bits per heavy atom. The van der Waals surface area contributed by atoms with E-state index in [1.54, 1.807) is 12.1 Å². The van der Waals surface area contributed by atoms with Gasteiger partial charge in [0.05, 0.1) is 0 Å². The molecule has 2 rings (SSSR count). The van der Waals surface area contributed by atoms with E-state index in [-0.39, 0.29) is 0 Å². The highest BCUT2D eigenvalue weighted by Gasteiger charge is 2.03. The van der Waals surface area contributed by atoms with Gasteiger partial charge < -0.3 is 10.4 Å². The zero-order valence-electron chi connectivity index (χ0n) is 9.93. The first-order valence-corrected chi connectivity index (χ1v) is 5.83. The molecule has 17 heavy (non-hydrogen) atoms. The molecule has 2 nitrogen and oxygen atoms in total. The van der Waals surface area contributed by atoms with E-state index in [0.717, 1.165) is 12.1 Å². The molecule has 1 unspecified atom stereocenters. The second kappa shape index (κ2) is 5.39. The van der Waals surface area contributed by atoms with Crippen molar-refractivity contribution in [3.05, 3.63) is 60.2 Å². The Morgan fingerprint density at radius 1 is 1.00 bits per heavy atom. The first kappa shape index (κ1) is 11.5. The molecule has 2 heteroatoms. The minimum atomic E-state index is 0.317. The van der Waals surface area contributed by atoms with Crippen molar-refractivity contribution in [3.8, 4) is 5.75 Å². The van der Waals surface area contributed by atoms with E-state index in [9.17, 15) is 5.11 Å². The number of phenols is 1. The van der Waals surface area contributed by atoms with Crippen molar-refractivity contribution in [2.24, 2.45) is 0 Å². The molecule has 0 aliphatic rings. The molecule has 2 N–H and O–H groups in total. The maximum atomic E-state index is 9.21. The van der Waals surface area contributed by atoms with Gasteiger partial charge in [0.1, 0.15) is 5.75 Å². The van der Waals surface area contributed by atoms with Crippen LogP contribution in [0.3, 0.4) is 0 Å². The second-order valence-corrected chi connectivity index (χ2v) is 4.28. The molecule has 0 aromatic heterocycles. The molecular formula is C15H17NO. The molecule has 0 spiro atoms. The van der Waals surface area contributed by atoms with Gasteiger partial charge in [-0.3, -0.25) is 0 Å². The van der Waals surface area contributed by atoms with Gasteiger partial charge in [0.25, 0.3) is 0 Å². The summed E-state index contributed by atoms with van der Waals surface area (Å²) >= 11 is 0. The number of hydrogen-bond donors (Lipinski definition) is 2. The Morgan fingerprint density at radius 3 is 2.29 bits per heavy atom. The number of benzene rings is 2. The molecule has 0 saturated carbocycles. The maximum Gasteiger partial charge on any atom is 0.115 e. The lowest BCUT2D eigenvalue weighted by molar-refractivity contribution is 0.475. The van der Waals surface area contributed by atoms with Crippen LogP contribution in [0.2, 0.25) is 0 Å². The van der Waals surface area contributed by atoms with Gasteiger partial charge in [0.2, 0.25) is 0 Å². The summed E-state index contributed by atoms with van der Waals surface area (Å²) in [6.07, 6.45) is 0.940. The third-order valence-corrected chi connectivity index (χ3v) is 2.67. The van der Waals surface area contributed by atoms with Crippen LogP contribution >= 0.6 is 0 Å². The van der Waals surface area contributed by atoms with Gasteiger partial charge in [-0.2, -0.15) is 0 Å². The van der Waals surface area contributed by atoms with Crippen molar-refractivity contribution >= 4 is 5.69 Å². The number of para-hydroxylation sites is 1. The van der Waals surface area contributed by atoms with Crippen LogP contribution in [0.4, 0.5) is 5.69 Å². The average Bonchev–Trinajstić information content (AvgIpc) is 2.33. The fourth-order valence-electron chi connectivity index (χ4n) is 1.86. The molecule has 1 atom stereocenters. The van der Waals surface area contributed by atoms with Gasteiger partial charge in [-0.1, -0.05) is 30.3 Å². The number of rotatable bonds is 4. The zero-order valence-corrected chi connectivity index (χ0v) is 9.93. The van der Waals surface area contributed by atoms with Gasteiger partial charge in [-0.05, 0) is 43.2 Å². The minimum Gasteiger partial charge on any atom is -0.508 e. The van der Waals surface area contributed by atoms with Crippen LogP contribution in [0, 0.1) is 0 Å². The van der Waals surface area contributed by atoms with E-state index in [2.05, 4.69) is 24.4 Å². The monoisotopic (exact) mass is 227 g/mol. The van der Waals surface area contributed by atoms with Gasteiger partial charge in [0.15, 0.2) is 0 Å². The zero-order chi connectivity index (χ0) is 12.1. The molecule has 0 amide bonds. The number of anilines is 1. The summed E-state index contributed by atoms with van der Waals surface area (Å²) in [5, 5.41) is 12.7. The van der Waals surface area contributed by atoms with Crippen molar-refractivity contribution in [1.29, 1.82) is 0 Å². The fraction of sp³-hybridized carbons (Fsp3) is 0.200. The predicted octanol–water partition coefficient (Wildman–Crippen LogP) is 3.44. The molecule has 0 fully saturated rings. The highest BCUT2D eigenvalue weighted by atomic mass is 16.3. The number of hydrogen-bond acceptors (Lipinski definition) is 2. The van der Waals surface area contributed by atoms with Crippen molar-refractivity contribution in [2.75, 3.05) is 5.32 Å². The van der Waals surface area contributed by atoms with E-state index in [4.69, 9.17) is 0 Å². The Bertz CT molecular complexity index is 450. The van der Waals surface area contributed by atoms with Crippen LogP contribution in [0.25, 0.3) is 0 Å². The summed E-state index contributed by atoms with van der Waals surface area (Å²) in [6.45, 7) is 2.15. The van der Waals surface area contributed by atoms with Crippen LogP contribution in [-0.4, -0.2) is 11.1 Å². The third kappa shape index (κ3) is 3.52. The fourth-order valence-corrected chi connectivity index (χ4v) is 1.86. The van der Waals surface area contributed by atoms with Crippen LogP contribution in [0.15, 0.2) is 54.6 Å². The molecule has 0 radical (unpaired) electrons. The first-order chi connectivity index (χ1) is 8.24. The normalized spacial score (nSPS) is 12.1. The lowest BCUT2D eigenvalue weighted by atomic mass is 10.1. The lowest BCUT2D eigenvalue weighted by Gasteiger charge is -2.15. The Kier molecular flexibility index (Phi) is 3.66. The highest BCUT2D eigenvalue weighted by molar-refractivity contribution is 5.43. The molecular weight excluding hydrogens is 210 g/mol. The molecule has 0 saturated heterocycles. The maximum absolute atomic E-state index is 9.21. The van der Waals surface area contributed by atoms with Crippen molar-refractivity contribution < 1.29 is 5.11 Å². The molecule has 0 aliphatic carbocycles. The molecule has 0 aliphatic heterocycles. The van der Waals surface area contributed by atoms with Crippen LogP contribution in [0.5, 0.6) is 5.75 Å². The summed E-state index contributed by atoms with van der Waals surface area (Å²) in [6, 6.07) is 17.9. The summed E-state index contributed by atoms with van der Waals surface area (Å²) in [4.78, 5) is 0. The van der Waals surface area contributed by atoms with Gasteiger partial charge in [-0.25, -0.2) is 0 Å². The quantitative estimate of drug-likeness (QED) is 0.838. The van der Waals surface area contributed by atoms with Crippen molar-refractivity contribution in [3.63, 3.8) is 0 Å². The molecule has 0 heterocycles. The summed E-state index contributed by atoms with van der Waals surface area (Å²) < 4.78 is 0. The second-order valence-electron chi connectivity index (χ2n) is 4.28. The number of phenolic OH excluding ortho intramolecular Hbond substituents is 1. The van der Waals surface area contributed by atoms with E-state index < -0.39 is 0 Å². The Balaban J connectivity index is 1.93. The Hall–Kier alpha value is -1.96.